The Morgan fingerprint density at radius 3 is 2.50 bits per heavy atom. The second-order valence-electron chi connectivity index (χ2n) is 3.27. The molecule has 1 rings (SSSR count). The van der Waals surface area contributed by atoms with Gasteiger partial charge in [-0.3, -0.25) is 0 Å². The lowest BCUT2D eigenvalue weighted by molar-refractivity contribution is -0.137. The van der Waals surface area contributed by atoms with Crippen LogP contribution in [-0.4, -0.2) is 4.99 Å². The summed E-state index contributed by atoms with van der Waals surface area (Å²) in [5, 5.41) is 8.30. The van der Waals surface area contributed by atoms with Crippen molar-refractivity contribution in [3.05, 3.63) is 39.9 Å². The van der Waals surface area contributed by atoms with E-state index in [0.29, 0.717) is 0 Å². The van der Waals surface area contributed by atoms with Crippen LogP contribution in [-0.2, 0) is 6.18 Å². The first kappa shape index (κ1) is 14.5. The Balaban J connectivity index is 3.31. The lowest BCUT2D eigenvalue weighted by atomic mass is 10.1. The maximum absolute atomic E-state index is 12.6. The Kier molecular flexibility index (Phi) is 4.33. The summed E-state index contributed by atoms with van der Waals surface area (Å²) in [6.07, 6.45) is -3.38. The Morgan fingerprint density at radius 1 is 1.44 bits per heavy atom. The van der Waals surface area contributed by atoms with Crippen molar-refractivity contribution in [1.29, 1.82) is 5.26 Å². The SMILES string of the molecule is N#CC(=Cc1ccc(Cl)c(C(F)(F)F)c1)C(N)=S. The summed E-state index contributed by atoms with van der Waals surface area (Å²) in [7, 11) is 0. The van der Waals surface area contributed by atoms with Gasteiger partial charge in [-0.15, -0.1) is 0 Å². The van der Waals surface area contributed by atoms with Crippen LogP contribution in [0.15, 0.2) is 23.8 Å². The van der Waals surface area contributed by atoms with E-state index in [2.05, 4.69) is 12.2 Å². The molecular weight excluding hydrogens is 285 g/mol. The summed E-state index contributed by atoms with van der Waals surface area (Å²) >= 11 is 10.0. The fourth-order valence-corrected chi connectivity index (χ4v) is 1.50. The van der Waals surface area contributed by atoms with Crippen LogP contribution in [0.4, 0.5) is 13.2 Å². The molecule has 0 saturated carbocycles. The lowest BCUT2D eigenvalue weighted by Gasteiger charge is -2.09. The van der Waals surface area contributed by atoms with Crippen LogP contribution in [0, 0.1) is 11.3 Å². The summed E-state index contributed by atoms with van der Waals surface area (Å²) in [4.78, 5) is -0.180. The fourth-order valence-electron chi connectivity index (χ4n) is 1.18. The van der Waals surface area contributed by atoms with Crippen LogP contribution in [0.5, 0.6) is 0 Å². The molecule has 94 valence electrons. The minimum Gasteiger partial charge on any atom is -0.389 e. The van der Waals surface area contributed by atoms with E-state index in [1.807, 2.05) is 0 Å². The minimum atomic E-state index is -4.56. The van der Waals surface area contributed by atoms with Gasteiger partial charge in [-0.25, -0.2) is 0 Å². The zero-order valence-corrected chi connectivity index (χ0v) is 10.3. The lowest BCUT2D eigenvalue weighted by Crippen LogP contribution is -2.10. The largest absolute Gasteiger partial charge is 0.417 e. The van der Waals surface area contributed by atoms with E-state index in [9.17, 15) is 13.2 Å². The number of halogens is 4. The summed E-state index contributed by atoms with van der Waals surface area (Å²) in [6, 6.07) is 4.98. The predicted molar refractivity (Wildman–Crippen MR) is 66.8 cm³/mol. The van der Waals surface area contributed by atoms with Crippen molar-refractivity contribution in [2.24, 2.45) is 5.73 Å². The molecule has 0 aliphatic heterocycles. The van der Waals surface area contributed by atoms with Crippen LogP contribution in [0.25, 0.3) is 6.08 Å². The summed E-state index contributed by atoms with van der Waals surface area (Å²) in [6.45, 7) is 0. The van der Waals surface area contributed by atoms with E-state index >= 15 is 0 Å². The number of rotatable bonds is 2. The minimum absolute atomic E-state index is 0.0690. The van der Waals surface area contributed by atoms with Crippen molar-refractivity contribution in [2.75, 3.05) is 0 Å². The number of nitrogens with zero attached hydrogens (tertiary/aromatic N) is 1. The zero-order chi connectivity index (χ0) is 13.9. The van der Waals surface area contributed by atoms with E-state index in [1.165, 1.54) is 12.1 Å². The highest BCUT2D eigenvalue weighted by Crippen LogP contribution is 2.35. The molecule has 0 bridgehead atoms. The van der Waals surface area contributed by atoms with Crippen molar-refractivity contribution in [3.63, 3.8) is 0 Å². The van der Waals surface area contributed by atoms with E-state index in [0.717, 1.165) is 12.1 Å². The van der Waals surface area contributed by atoms with Gasteiger partial charge in [0.1, 0.15) is 11.1 Å². The molecular formula is C11H6ClF3N2S. The maximum atomic E-state index is 12.6. The molecule has 0 spiro atoms. The smallest absolute Gasteiger partial charge is 0.389 e. The van der Waals surface area contributed by atoms with E-state index in [1.54, 1.807) is 6.07 Å². The predicted octanol–water partition coefficient (Wildman–Crippen LogP) is 3.55. The molecule has 0 atom stereocenters. The normalized spacial score (nSPS) is 12.1. The van der Waals surface area contributed by atoms with E-state index in [4.69, 9.17) is 22.6 Å². The maximum Gasteiger partial charge on any atom is 0.417 e. The van der Waals surface area contributed by atoms with Crippen molar-refractivity contribution < 1.29 is 13.2 Å². The second kappa shape index (κ2) is 5.38. The summed E-state index contributed by atoms with van der Waals surface area (Å²) < 4.78 is 37.8. The van der Waals surface area contributed by atoms with Gasteiger partial charge in [-0.1, -0.05) is 29.9 Å². The number of hydrogen-bond acceptors (Lipinski definition) is 2. The quantitative estimate of drug-likeness (QED) is 0.515. The number of hydrogen-bond donors (Lipinski definition) is 1. The van der Waals surface area contributed by atoms with Crippen LogP contribution in [0.3, 0.4) is 0 Å². The number of nitriles is 1. The molecule has 0 heterocycles. The average molecular weight is 291 g/mol. The van der Waals surface area contributed by atoms with Crippen molar-refractivity contribution >= 4 is 34.9 Å². The van der Waals surface area contributed by atoms with Crippen LogP contribution in [0.2, 0.25) is 5.02 Å². The summed E-state index contributed by atoms with van der Waals surface area (Å²) in [5.74, 6) is 0. The van der Waals surface area contributed by atoms with E-state index < -0.39 is 16.8 Å². The number of thiocarbonyl (C=S) groups is 1. The first-order valence-electron chi connectivity index (χ1n) is 4.54. The van der Waals surface area contributed by atoms with Gasteiger partial charge in [0, 0.05) is 0 Å². The Labute approximate surface area is 111 Å². The monoisotopic (exact) mass is 290 g/mol. The van der Waals surface area contributed by atoms with Crippen LogP contribution in [0.1, 0.15) is 11.1 Å². The number of alkyl halides is 3. The van der Waals surface area contributed by atoms with Crippen molar-refractivity contribution in [2.45, 2.75) is 6.18 Å². The molecule has 0 aromatic heterocycles. The van der Waals surface area contributed by atoms with Gasteiger partial charge in [-0.2, -0.15) is 18.4 Å². The topological polar surface area (TPSA) is 49.8 Å². The van der Waals surface area contributed by atoms with Crippen LogP contribution < -0.4 is 5.73 Å². The summed E-state index contributed by atoms with van der Waals surface area (Å²) in [5.41, 5.74) is 4.35. The molecule has 0 aliphatic rings. The van der Waals surface area contributed by atoms with E-state index in [-0.39, 0.29) is 16.1 Å². The van der Waals surface area contributed by atoms with Gasteiger partial charge >= 0.3 is 6.18 Å². The molecule has 0 saturated heterocycles. The van der Waals surface area contributed by atoms with Gasteiger partial charge in [0.2, 0.25) is 0 Å². The molecule has 0 unspecified atom stereocenters. The Morgan fingerprint density at radius 2 is 2.06 bits per heavy atom. The fraction of sp³-hybridized carbons (Fsp3) is 0.0909. The van der Waals surface area contributed by atoms with Gasteiger partial charge < -0.3 is 5.73 Å². The van der Waals surface area contributed by atoms with Gasteiger partial charge in [0.25, 0.3) is 0 Å². The first-order chi connectivity index (χ1) is 8.25. The van der Waals surface area contributed by atoms with Crippen molar-refractivity contribution in [3.8, 4) is 6.07 Å². The molecule has 0 fully saturated rings. The molecule has 0 amide bonds. The van der Waals surface area contributed by atoms with Gasteiger partial charge in [0.15, 0.2) is 0 Å². The second-order valence-corrected chi connectivity index (χ2v) is 4.12. The molecule has 2 N–H and O–H groups in total. The Bertz CT molecular complexity index is 558. The van der Waals surface area contributed by atoms with Gasteiger partial charge in [-0.05, 0) is 23.8 Å². The average Bonchev–Trinajstić information content (AvgIpc) is 2.25. The molecule has 2 nitrogen and oxygen atoms in total. The molecule has 1 aromatic rings. The van der Waals surface area contributed by atoms with Gasteiger partial charge in [0.05, 0.1) is 16.2 Å². The molecule has 0 radical (unpaired) electrons. The molecule has 1 aromatic carbocycles. The highest BCUT2D eigenvalue weighted by atomic mass is 35.5. The number of benzene rings is 1. The molecule has 0 aliphatic carbocycles. The highest BCUT2D eigenvalue weighted by molar-refractivity contribution is 7.80. The standard InChI is InChI=1S/C11H6ClF3N2S/c12-9-2-1-6(3-7(5-16)10(17)18)4-8(9)11(13,14)15/h1-4H,(H2,17,18). The van der Waals surface area contributed by atoms with Crippen molar-refractivity contribution in [1.82, 2.24) is 0 Å². The third-order valence-corrected chi connectivity index (χ3v) is 2.54. The van der Waals surface area contributed by atoms with Crippen LogP contribution >= 0.6 is 23.8 Å². The Hall–Kier alpha value is -1.58. The molecule has 18 heavy (non-hydrogen) atoms. The highest BCUT2D eigenvalue weighted by Gasteiger charge is 2.33. The number of nitrogens with two attached hydrogens (primary N) is 1. The third-order valence-electron chi connectivity index (χ3n) is 1.99. The zero-order valence-electron chi connectivity index (χ0n) is 8.75. The molecule has 7 heteroatoms. The third kappa shape index (κ3) is 3.45. The first-order valence-corrected chi connectivity index (χ1v) is 5.32.